The second-order valence-corrected chi connectivity index (χ2v) is 3.34. The highest BCUT2D eigenvalue weighted by Crippen LogP contribution is 2.06. The number of tetrazole rings is 1. The van der Waals surface area contributed by atoms with Crippen molar-refractivity contribution in [3.63, 3.8) is 0 Å². The Morgan fingerprint density at radius 2 is 2.00 bits per heavy atom. The van der Waals surface area contributed by atoms with Crippen LogP contribution in [0.15, 0.2) is 30.3 Å². The molecular formula is C10H11N5O. The standard InChI is InChI=1S/C10H11N5O/c1-14-10(11-12-13-14)9(15(2)16)8-6-4-3-5-7-8/h3-7H,1-2H3/b15-9-. The fourth-order valence-corrected chi connectivity index (χ4v) is 1.48. The van der Waals surface area contributed by atoms with E-state index in [1.807, 2.05) is 30.3 Å². The fraction of sp³-hybridized carbons (Fsp3) is 0.200. The van der Waals surface area contributed by atoms with Gasteiger partial charge in [-0.2, -0.15) is 0 Å². The Morgan fingerprint density at radius 1 is 1.31 bits per heavy atom. The lowest BCUT2D eigenvalue weighted by Crippen LogP contribution is -2.19. The van der Waals surface area contributed by atoms with Gasteiger partial charge >= 0.3 is 0 Å². The first-order chi connectivity index (χ1) is 7.70. The molecule has 0 aliphatic carbocycles. The first-order valence-electron chi connectivity index (χ1n) is 4.76. The summed E-state index contributed by atoms with van der Waals surface area (Å²) in [5.74, 6) is 0.448. The van der Waals surface area contributed by atoms with E-state index in [0.29, 0.717) is 11.5 Å². The Balaban J connectivity index is 2.58. The van der Waals surface area contributed by atoms with Crippen LogP contribution in [0.3, 0.4) is 0 Å². The molecule has 6 nitrogen and oxygen atoms in total. The van der Waals surface area contributed by atoms with E-state index in [0.717, 1.165) is 10.3 Å². The van der Waals surface area contributed by atoms with Crippen LogP contribution in [0, 0.1) is 5.21 Å². The zero-order chi connectivity index (χ0) is 11.5. The van der Waals surface area contributed by atoms with Gasteiger partial charge in [-0.3, -0.25) is 0 Å². The molecule has 0 bridgehead atoms. The third kappa shape index (κ3) is 1.77. The normalized spacial score (nSPS) is 12.4. The Kier molecular flexibility index (Phi) is 2.63. The second kappa shape index (κ2) is 4.09. The van der Waals surface area contributed by atoms with Crippen LogP contribution in [0.25, 0.3) is 0 Å². The van der Waals surface area contributed by atoms with Crippen molar-refractivity contribution >= 4 is 5.71 Å². The summed E-state index contributed by atoms with van der Waals surface area (Å²) < 4.78 is 2.23. The number of hydroxylamine groups is 1. The van der Waals surface area contributed by atoms with Crippen molar-refractivity contribution in [2.24, 2.45) is 7.05 Å². The van der Waals surface area contributed by atoms with E-state index in [1.54, 1.807) is 7.05 Å². The number of aryl methyl sites for hydroxylation is 1. The summed E-state index contributed by atoms with van der Waals surface area (Å²) in [4.78, 5) is 0. The minimum Gasteiger partial charge on any atom is -0.623 e. The molecule has 0 atom stereocenters. The van der Waals surface area contributed by atoms with Gasteiger partial charge in [-0.25, -0.2) is 9.42 Å². The zero-order valence-electron chi connectivity index (χ0n) is 9.03. The van der Waals surface area contributed by atoms with Gasteiger partial charge < -0.3 is 5.21 Å². The van der Waals surface area contributed by atoms with Crippen LogP contribution < -0.4 is 0 Å². The van der Waals surface area contributed by atoms with Gasteiger partial charge in [-0.05, 0) is 22.6 Å². The molecule has 0 saturated heterocycles. The van der Waals surface area contributed by atoms with Gasteiger partial charge in [0.25, 0.3) is 5.71 Å². The van der Waals surface area contributed by atoms with Gasteiger partial charge in [0, 0.05) is 7.05 Å². The number of nitrogens with zero attached hydrogens (tertiary/aromatic N) is 5. The maximum Gasteiger partial charge on any atom is 0.264 e. The van der Waals surface area contributed by atoms with Crippen LogP contribution >= 0.6 is 0 Å². The molecule has 0 spiro atoms. The topological polar surface area (TPSA) is 69.7 Å². The van der Waals surface area contributed by atoms with Crippen LogP contribution in [0.2, 0.25) is 0 Å². The maximum atomic E-state index is 11.6. The third-order valence-corrected chi connectivity index (χ3v) is 2.19. The quantitative estimate of drug-likeness (QED) is 0.311. The molecule has 0 aliphatic heterocycles. The lowest BCUT2D eigenvalue weighted by atomic mass is 10.1. The molecule has 1 aromatic heterocycles. The number of benzene rings is 1. The molecule has 0 aliphatic rings. The zero-order valence-corrected chi connectivity index (χ0v) is 9.03. The number of aromatic nitrogens is 4. The van der Waals surface area contributed by atoms with Crippen molar-refractivity contribution in [3.8, 4) is 0 Å². The van der Waals surface area contributed by atoms with Crippen molar-refractivity contribution in [2.75, 3.05) is 7.05 Å². The summed E-state index contributed by atoms with van der Waals surface area (Å²) in [6.07, 6.45) is 0. The van der Waals surface area contributed by atoms with Crippen LogP contribution in [-0.4, -0.2) is 37.7 Å². The molecular weight excluding hydrogens is 206 g/mol. The van der Waals surface area contributed by atoms with Gasteiger partial charge in [-0.15, -0.1) is 5.10 Å². The minimum atomic E-state index is 0.448. The molecule has 82 valence electrons. The molecule has 2 rings (SSSR count). The van der Waals surface area contributed by atoms with Crippen molar-refractivity contribution in [1.29, 1.82) is 0 Å². The molecule has 0 radical (unpaired) electrons. The average molecular weight is 217 g/mol. The summed E-state index contributed by atoms with van der Waals surface area (Å²) in [7, 11) is 3.12. The largest absolute Gasteiger partial charge is 0.623 e. The lowest BCUT2D eigenvalue weighted by molar-refractivity contribution is -0.421. The Bertz CT molecular complexity index is 513. The SMILES string of the molecule is Cn1nnnc1/C(c1ccccc1)=[N+](/C)[O-]. The molecule has 16 heavy (non-hydrogen) atoms. The van der Waals surface area contributed by atoms with E-state index >= 15 is 0 Å². The van der Waals surface area contributed by atoms with Gasteiger partial charge in [-0.1, -0.05) is 18.2 Å². The molecule has 6 heteroatoms. The highest BCUT2D eigenvalue weighted by molar-refractivity contribution is 6.07. The van der Waals surface area contributed by atoms with Gasteiger partial charge in [0.2, 0.25) is 5.82 Å². The summed E-state index contributed by atoms with van der Waals surface area (Å²) in [6, 6.07) is 9.31. The number of hydrogen-bond acceptors (Lipinski definition) is 4. The third-order valence-electron chi connectivity index (χ3n) is 2.19. The van der Waals surface area contributed by atoms with Crippen molar-refractivity contribution in [1.82, 2.24) is 20.2 Å². The minimum absolute atomic E-state index is 0.448. The number of rotatable bonds is 2. The average Bonchev–Trinajstić information content (AvgIpc) is 2.66. The second-order valence-electron chi connectivity index (χ2n) is 3.34. The van der Waals surface area contributed by atoms with E-state index in [2.05, 4.69) is 15.5 Å². The highest BCUT2D eigenvalue weighted by Gasteiger charge is 2.20. The Morgan fingerprint density at radius 3 is 2.50 bits per heavy atom. The molecule has 1 aromatic carbocycles. The molecule has 0 saturated carbocycles. The Labute approximate surface area is 92.4 Å². The highest BCUT2D eigenvalue weighted by atomic mass is 16.5. The summed E-state index contributed by atoms with van der Waals surface area (Å²) >= 11 is 0. The molecule has 0 N–H and O–H groups in total. The van der Waals surface area contributed by atoms with Gasteiger partial charge in [0.15, 0.2) is 0 Å². The van der Waals surface area contributed by atoms with Crippen LogP contribution in [0.5, 0.6) is 0 Å². The lowest BCUT2D eigenvalue weighted by Gasteiger charge is -2.05. The van der Waals surface area contributed by atoms with E-state index in [9.17, 15) is 5.21 Å². The van der Waals surface area contributed by atoms with Crippen molar-refractivity contribution in [3.05, 3.63) is 46.9 Å². The van der Waals surface area contributed by atoms with Crippen molar-refractivity contribution < 1.29 is 4.74 Å². The summed E-state index contributed by atoms with van der Waals surface area (Å²) in [5.41, 5.74) is 1.24. The Hall–Kier alpha value is -2.24. The molecule has 0 unspecified atom stereocenters. The first kappa shape index (κ1) is 10.3. The number of hydrogen-bond donors (Lipinski definition) is 0. The smallest absolute Gasteiger partial charge is 0.264 e. The monoisotopic (exact) mass is 217 g/mol. The fourth-order valence-electron chi connectivity index (χ4n) is 1.48. The van der Waals surface area contributed by atoms with Gasteiger partial charge in [0.1, 0.15) is 7.05 Å². The van der Waals surface area contributed by atoms with E-state index in [1.165, 1.54) is 11.7 Å². The molecule has 0 fully saturated rings. The van der Waals surface area contributed by atoms with Crippen LogP contribution in [-0.2, 0) is 7.05 Å². The predicted octanol–water partition coefficient (Wildman–Crippen LogP) is 0.188. The molecule has 0 amide bonds. The molecule has 1 heterocycles. The van der Waals surface area contributed by atoms with E-state index in [4.69, 9.17) is 0 Å². The van der Waals surface area contributed by atoms with Crippen LogP contribution in [0.1, 0.15) is 11.4 Å². The van der Waals surface area contributed by atoms with Crippen LogP contribution in [0.4, 0.5) is 0 Å². The molecule has 2 aromatic rings. The first-order valence-corrected chi connectivity index (χ1v) is 4.76. The summed E-state index contributed by atoms with van der Waals surface area (Å²) in [5, 5.41) is 22.6. The predicted molar refractivity (Wildman–Crippen MR) is 58.0 cm³/mol. The van der Waals surface area contributed by atoms with Gasteiger partial charge in [0.05, 0.1) is 5.56 Å². The van der Waals surface area contributed by atoms with Crippen molar-refractivity contribution in [2.45, 2.75) is 0 Å². The maximum absolute atomic E-state index is 11.6. The van der Waals surface area contributed by atoms with E-state index in [-0.39, 0.29) is 0 Å². The summed E-state index contributed by atoms with van der Waals surface area (Å²) in [6.45, 7) is 0. The van der Waals surface area contributed by atoms with E-state index < -0.39 is 0 Å².